The summed E-state index contributed by atoms with van der Waals surface area (Å²) in [6.45, 7) is 30.8. The summed E-state index contributed by atoms with van der Waals surface area (Å²) in [5, 5.41) is 13.8. The van der Waals surface area contributed by atoms with Crippen molar-refractivity contribution in [3.63, 3.8) is 0 Å². The van der Waals surface area contributed by atoms with Crippen molar-refractivity contribution in [2.24, 2.45) is 11.5 Å². The summed E-state index contributed by atoms with van der Waals surface area (Å²) in [4.78, 5) is 38.3. The third-order valence-electron chi connectivity index (χ3n) is 9.02. The Hall–Kier alpha value is -2.40. The van der Waals surface area contributed by atoms with Crippen LogP contribution in [0.1, 0.15) is 44.9 Å². The van der Waals surface area contributed by atoms with Gasteiger partial charge in [-0.2, -0.15) is 5.26 Å². The number of nitriles is 1. The van der Waals surface area contributed by atoms with Gasteiger partial charge in [0.25, 0.3) is 0 Å². The van der Waals surface area contributed by atoms with Gasteiger partial charge in [0.15, 0.2) is 0 Å². The molecule has 3 heterocycles. The maximum atomic E-state index is 10.1. The molecule has 0 spiro atoms. The average molecular weight is 677 g/mol. The van der Waals surface area contributed by atoms with Gasteiger partial charge in [0, 0.05) is 111 Å². The van der Waals surface area contributed by atoms with Gasteiger partial charge in [0.1, 0.15) is 0 Å². The molecule has 6 N–H and O–H groups in total. The molecule has 3 fully saturated rings. The first-order valence-corrected chi connectivity index (χ1v) is 18.4. The number of carbonyl (C=O) groups excluding carboxylic acids is 2. The minimum absolute atomic E-state index is 0.655. The molecule has 0 bridgehead atoms. The first-order chi connectivity index (χ1) is 23.6. The summed E-state index contributed by atoms with van der Waals surface area (Å²) in [6, 6.07) is 2.19. The van der Waals surface area contributed by atoms with Gasteiger partial charge in [0.2, 0.25) is 19.4 Å². The highest BCUT2D eigenvalue weighted by Gasteiger charge is 2.17. The molecule has 3 aliphatic rings. The monoisotopic (exact) mass is 677 g/mol. The van der Waals surface area contributed by atoms with E-state index in [-0.39, 0.29) is 0 Å². The number of amides is 2. The van der Waals surface area contributed by atoms with E-state index in [2.05, 4.69) is 50.9 Å². The summed E-state index contributed by atoms with van der Waals surface area (Å²) in [5.74, 6) is 0. The van der Waals surface area contributed by atoms with E-state index in [4.69, 9.17) is 23.3 Å². The number of nitrogens with zero attached hydrogens (tertiary/aromatic N) is 8. The lowest BCUT2D eigenvalue weighted by Crippen LogP contribution is -2.47. The van der Waals surface area contributed by atoms with Crippen LogP contribution in [0.3, 0.4) is 0 Å². The largest absolute Gasteiger partial charge is 0.359 e. The van der Waals surface area contributed by atoms with Gasteiger partial charge in [0.05, 0.1) is 6.07 Å². The van der Waals surface area contributed by atoms with Crippen LogP contribution in [0.25, 0.3) is 4.85 Å². The Balaban J connectivity index is 0.000000363. The maximum Gasteiger partial charge on any atom is 0.215 e. The molecule has 0 saturated carbocycles. The number of nitrogens with two attached hydrogens (primary N) is 2. The van der Waals surface area contributed by atoms with Crippen LogP contribution >= 0.6 is 0 Å². The fourth-order valence-electron chi connectivity index (χ4n) is 6.02. The zero-order chi connectivity index (χ0) is 34.9. The van der Waals surface area contributed by atoms with Gasteiger partial charge in [-0.25, -0.2) is 6.57 Å². The van der Waals surface area contributed by atoms with Gasteiger partial charge in [-0.1, -0.05) is 0 Å². The Kier molecular flexibility index (Phi) is 28.9. The fourth-order valence-corrected chi connectivity index (χ4v) is 6.02. The third-order valence-corrected chi connectivity index (χ3v) is 9.02. The molecule has 276 valence electrons. The Morgan fingerprint density at radius 3 is 1.17 bits per heavy atom. The van der Waals surface area contributed by atoms with Gasteiger partial charge in [-0.05, 0) is 77.9 Å². The van der Waals surface area contributed by atoms with Crippen LogP contribution in [0.4, 0.5) is 0 Å². The Labute approximate surface area is 291 Å². The quantitative estimate of drug-likeness (QED) is 0.0659. The SMILES string of the molecule is NCCCN1CCN(CCCN)CC1.O=CNCCCN1CCN(CCCNC=O)CC1.[C-]#[N+]CCCN1CCN(CCCC#N)CC1. The van der Waals surface area contributed by atoms with E-state index in [0.29, 0.717) is 13.0 Å². The maximum absolute atomic E-state index is 10.1. The van der Waals surface area contributed by atoms with Gasteiger partial charge in [-0.15, -0.1) is 0 Å². The van der Waals surface area contributed by atoms with E-state index in [1.165, 1.54) is 39.3 Å². The number of hydrogen-bond acceptors (Lipinski definition) is 11. The van der Waals surface area contributed by atoms with Crippen LogP contribution in [0, 0.1) is 17.9 Å². The predicted octanol–water partition coefficient (Wildman–Crippen LogP) is -0.605. The molecule has 0 aliphatic carbocycles. The highest BCUT2D eigenvalue weighted by atomic mass is 16.1. The number of unbranched alkanes of at least 4 members (excludes halogenated alkanes) is 1. The van der Waals surface area contributed by atoms with E-state index < -0.39 is 0 Å². The number of piperazine rings is 3. The van der Waals surface area contributed by atoms with Crippen molar-refractivity contribution >= 4 is 12.8 Å². The Bertz CT molecular complexity index is 763. The summed E-state index contributed by atoms with van der Waals surface area (Å²) >= 11 is 0. The summed E-state index contributed by atoms with van der Waals surface area (Å²) in [6.07, 6.45) is 8.46. The van der Waals surface area contributed by atoms with Crippen molar-refractivity contribution < 1.29 is 9.59 Å². The van der Waals surface area contributed by atoms with E-state index in [0.717, 1.165) is 156 Å². The molecule has 14 heteroatoms. The summed E-state index contributed by atoms with van der Waals surface area (Å²) in [5.41, 5.74) is 11.0. The molecular weight excluding hydrogens is 608 g/mol. The molecule has 3 saturated heterocycles. The molecule has 48 heavy (non-hydrogen) atoms. The molecule has 0 unspecified atom stereocenters. The first kappa shape index (κ1) is 43.6. The van der Waals surface area contributed by atoms with Crippen molar-refractivity contribution in [3.05, 3.63) is 11.4 Å². The third kappa shape index (κ3) is 23.8. The lowest BCUT2D eigenvalue weighted by Gasteiger charge is -2.34. The molecule has 3 rings (SSSR count). The molecule has 0 aromatic heterocycles. The molecule has 14 nitrogen and oxygen atoms in total. The van der Waals surface area contributed by atoms with Crippen molar-refractivity contribution in [1.29, 1.82) is 5.26 Å². The van der Waals surface area contributed by atoms with Crippen LogP contribution in [-0.4, -0.2) is 193 Å². The number of carbonyl (C=O) groups is 2. The number of nitrogens with one attached hydrogen (secondary N) is 2. The van der Waals surface area contributed by atoms with Crippen LogP contribution in [-0.2, 0) is 9.59 Å². The standard InChI is InChI=1S/C12H24N4O2.C12H20N4.C10H24N4/c17-11-13-3-1-5-15-7-9-16(10-8-15)6-2-4-14-12-18;1-14-6-4-8-16-11-9-15(10-12-16)7-3-2-5-13;11-3-1-5-13-7-9-14(10-8-13)6-2-4-12/h11-12H,1-10H2,(H,13,17)(H,14,18);2-4,6-12H2;1-12H2. The second-order valence-corrected chi connectivity index (χ2v) is 12.7. The zero-order valence-electron chi connectivity index (χ0n) is 29.9. The minimum Gasteiger partial charge on any atom is -0.359 e. The lowest BCUT2D eigenvalue weighted by atomic mass is 10.2. The van der Waals surface area contributed by atoms with Crippen molar-refractivity contribution in [3.8, 4) is 6.07 Å². The van der Waals surface area contributed by atoms with Gasteiger partial charge >= 0.3 is 0 Å². The summed E-state index contributed by atoms with van der Waals surface area (Å²) < 4.78 is 0. The Morgan fingerprint density at radius 1 is 0.562 bits per heavy atom. The normalized spacial score (nSPS) is 18.3. The van der Waals surface area contributed by atoms with Crippen LogP contribution in [0.5, 0.6) is 0 Å². The average Bonchev–Trinajstić information content (AvgIpc) is 3.12. The highest BCUT2D eigenvalue weighted by molar-refractivity contribution is 5.45. The molecule has 0 radical (unpaired) electrons. The smallest absolute Gasteiger partial charge is 0.215 e. The second kappa shape index (κ2) is 31.8. The number of rotatable bonds is 22. The molecule has 2 amide bonds. The fraction of sp³-hybridized carbons (Fsp3) is 0.882. The molecule has 0 aromatic rings. The second-order valence-electron chi connectivity index (χ2n) is 12.7. The molecular formula is C34H68N12O2. The number of hydrogen-bond donors (Lipinski definition) is 4. The van der Waals surface area contributed by atoms with Gasteiger partial charge < -0.3 is 56.3 Å². The minimum atomic E-state index is 0.655. The highest BCUT2D eigenvalue weighted by Crippen LogP contribution is 2.05. The topological polar surface area (TPSA) is 158 Å². The zero-order valence-corrected chi connectivity index (χ0v) is 29.9. The predicted molar refractivity (Wildman–Crippen MR) is 194 cm³/mol. The van der Waals surface area contributed by atoms with Crippen molar-refractivity contribution in [1.82, 2.24) is 40.0 Å². The van der Waals surface area contributed by atoms with Gasteiger partial charge in [-0.3, -0.25) is 9.59 Å². The van der Waals surface area contributed by atoms with Crippen LogP contribution in [0.2, 0.25) is 0 Å². The molecule has 3 aliphatic heterocycles. The van der Waals surface area contributed by atoms with Crippen molar-refractivity contribution in [2.45, 2.75) is 44.9 Å². The van der Waals surface area contributed by atoms with E-state index in [9.17, 15) is 9.59 Å². The van der Waals surface area contributed by atoms with Crippen molar-refractivity contribution in [2.75, 3.05) is 151 Å². The molecule has 0 aromatic carbocycles. The van der Waals surface area contributed by atoms with Crippen LogP contribution in [0.15, 0.2) is 0 Å². The van der Waals surface area contributed by atoms with E-state index >= 15 is 0 Å². The lowest BCUT2D eigenvalue weighted by molar-refractivity contribution is -0.110. The van der Waals surface area contributed by atoms with Crippen LogP contribution < -0.4 is 22.1 Å². The Morgan fingerprint density at radius 2 is 0.875 bits per heavy atom. The van der Waals surface area contributed by atoms with E-state index in [1.54, 1.807) is 0 Å². The first-order valence-electron chi connectivity index (χ1n) is 18.4. The molecule has 0 atom stereocenters. The van der Waals surface area contributed by atoms with E-state index in [1.807, 2.05) is 0 Å². The summed E-state index contributed by atoms with van der Waals surface area (Å²) in [7, 11) is 0.